The molecule has 0 saturated carbocycles. The van der Waals surface area contributed by atoms with Crippen LogP contribution in [0.15, 0.2) is 30.3 Å². The number of methoxy groups -OCH3 is 1. The molecule has 22 heavy (non-hydrogen) atoms. The summed E-state index contributed by atoms with van der Waals surface area (Å²) in [5, 5.41) is 2.42. The third kappa shape index (κ3) is 3.63. The molecule has 7 heteroatoms. The van der Waals surface area contributed by atoms with Gasteiger partial charge >= 0.3 is 0 Å². The Morgan fingerprint density at radius 3 is 2.82 bits per heavy atom. The quantitative estimate of drug-likeness (QED) is 0.885. The van der Waals surface area contributed by atoms with E-state index in [0.29, 0.717) is 5.75 Å². The van der Waals surface area contributed by atoms with Crippen molar-refractivity contribution in [3.05, 3.63) is 41.7 Å². The molecule has 0 spiro atoms. The zero-order valence-electron chi connectivity index (χ0n) is 12.2. The van der Waals surface area contributed by atoms with E-state index in [4.69, 9.17) is 15.2 Å². The Bertz CT molecular complexity index is 692. The first kappa shape index (κ1) is 15.6. The van der Waals surface area contributed by atoms with Crippen molar-refractivity contribution in [2.75, 3.05) is 18.2 Å². The molecule has 0 bridgehead atoms. The molecule has 1 aromatic heterocycles. The Balaban J connectivity index is 2.20. The first-order valence-corrected chi connectivity index (χ1v) is 6.49. The summed E-state index contributed by atoms with van der Waals surface area (Å²) in [6.07, 6.45) is 0. The van der Waals surface area contributed by atoms with E-state index in [1.54, 1.807) is 12.1 Å². The van der Waals surface area contributed by atoms with Crippen LogP contribution in [-0.4, -0.2) is 18.0 Å². The van der Waals surface area contributed by atoms with Gasteiger partial charge in [-0.05, 0) is 6.07 Å². The van der Waals surface area contributed by atoms with Crippen LogP contribution in [0.4, 0.5) is 15.9 Å². The Kier molecular flexibility index (Phi) is 4.77. The number of benzene rings is 1. The number of anilines is 2. The van der Waals surface area contributed by atoms with Crippen molar-refractivity contribution < 1.29 is 18.7 Å². The van der Waals surface area contributed by atoms with Crippen LogP contribution in [0.1, 0.15) is 12.5 Å². The van der Waals surface area contributed by atoms with Crippen LogP contribution in [0, 0.1) is 5.82 Å². The lowest BCUT2D eigenvalue weighted by Gasteiger charge is -2.12. The lowest BCUT2D eigenvalue weighted by atomic mass is 10.2. The summed E-state index contributed by atoms with van der Waals surface area (Å²) in [6.45, 7) is 1.37. The molecule has 1 heterocycles. The smallest absolute Gasteiger partial charge is 0.252 e. The molecule has 6 nitrogen and oxygen atoms in total. The monoisotopic (exact) mass is 305 g/mol. The number of nitrogens with zero attached hydrogens (tertiary/aromatic N) is 1. The van der Waals surface area contributed by atoms with Crippen LogP contribution < -0.4 is 20.5 Å². The van der Waals surface area contributed by atoms with Gasteiger partial charge < -0.3 is 20.5 Å². The van der Waals surface area contributed by atoms with Gasteiger partial charge in [0.25, 0.3) is 5.88 Å². The molecule has 0 atom stereocenters. The fourth-order valence-electron chi connectivity index (χ4n) is 1.82. The number of hydrogen-bond acceptors (Lipinski definition) is 5. The zero-order valence-corrected chi connectivity index (χ0v) is 12.2. The molecule has 2 rings (SSSR count). The number of nitrogens with one attached hydrogen (secondary N) is 1. The van der Waals surface area contributed by atoms with Crippen LogP contribution >= 0.6 is 0 Å². The predicted octanol–water partition coefficient (Wildman–Crippen LogP) is 2.35. The van der Waals surface area contributed by atoms with Gasteiger partial charge in [-0.2, -0.15) is 4.98 Å². The van der Waals surface area contributed by atoms with Crippen molar-refractivity contribution in [3.8, 4) is 11.6 Å². The molecule has 0 aliphatic carbocycles. The van der Waals surface area contributed by atoms with Gasteiger partial charge in [0.05, 0.1) is 12.8 Å². The van der Waals surface area contributed by atoms with E-state index in [-0.39, 0.29) is 29.9 Å². The Morgan fingerprint density at radius 1 is 1.41 bits per heavy atom. The Morgan fingerprint density at radius 2 is 2.14 bits per heavy atom. The van der Waals surface area contributed by atoms with Gasteiger partial charge in [0.15, 0.2) is 11.6 Å². The molecule has 2 aromatic rings. The molecule has 116 valence electrons. The highest BCUT2D eigenvalue weighted by Gasteiger charge is 2.13. The van der Waals surface area contributed by atoms with Gasteiger partial charge in [-0.1, -0.05) is 18.2 Å². The average molecular weight is 305 g/mol. The summed E-state index contributed by atoms with van der Waals surface area (Å²) in [5.74, 6) is -0.629. The van der Waals surface area contributed by atoms with Gasteiger partial charge in [0.2, 0.25) is 5.91 Å². The minimum absolute atomic E-state index is 0.0253. The standard InChI is InChI=1S/C15H16FN3O3/c1-9(20)18-14-12(17)7-11(16)15(19-14)22-8-10-5-3-4-6-13(10)21-2/h3-7H,8,17H2,1-2H3,(H,18,19,20). The van der Waals surface area contributed by atoms with E-state index in [1.807, 2.05) is 12.1 Å². The topological polar surface area (TPSA) is 86.5 Å². The van der Waals surface area contributed by atoms with Crippen molar-refractivity contribution in [1.82, 2.24) is 4.98 Å². The number of nitrogens with two attached hydrogens (primary N) is 1. The summed E-state index contributed by atoms with van der Waals surface area (Å²) >= 11 is 0. The number of amides is 1. The minimum Gasteiger partial charge on any atom is -0.496 e. The van der Waals surface area contributed by atoms with Crippen LogP contribution in [0.25, 0.3) is 0 Å². The number of aromatic nitrogens is 1. The van der Waals surface area contributed by atoms with E-state index in [1.165, 1.54) is 14.0 Å². The second-order valence-electron chi connectivity index (χ2n) is 4.49. The molecule has 0 aliphatic rings. The van der Waals surface area contributed by atoms with Gasteiger partial charge in [-0.15, -0.1) is 0 Å². The SMILES string of the molecule is COc1ccccc1COc1nc(NC(C)=O)c(N)cc1F. The Hall–Kier alpha value is -2.83. The highest BCUT2D eigenvalue weighted by Crippen LogP contribution is 2.26. The number of pyridine rings is 1. The lowest BCUT2D eigenvalue weighted by Crippen LogP contribution is -2.11. The number of rotatable bonds is 5. The summed E-state index contributed by atoms with van der Waals surface area (Å²) in [6, 6.07) is 8.25. The fraction of sp³-hybridized carbons (Fsp3) is 0.200. The van der Waals surface area contributed by atoms with Crippen molar-refractivity contribution >= 4 is 17.4 Å². The third-order valence-electron chi connectivity index (χ3n) is 2.82. The first-order valence-electron chi connectivity index (χ1n) is 6.49. The van der Waals surface area contributed by atoms with Crippen LogP contribution in [0.5, 0.6) is 11.6 Å². The number of halogens is 1. The van der Waals surface area contributed by atoms with E-state index in [0.717, 1.165) is 11.6 Å². The molecule has 0 fully saturated rings. The van der Waals surface area contributed by atoms with Gasteiger partial charge in [0.1, 0.15) is 12.4 Å². The van der Waals surface area contributed by atoms with Crippen molar-refractivity contribution in [2.24, 2.45) is 0 Å². The van der Waals surface area contributed by atoms with E-state index in [2.05, 4.69) is 10.3 Å². The maximum Gasteiger partial charge on any atom is 0.252 e. The molecular weight excluding hydrogens is 289 g/mol. The Labute approximate surface area is 127 Å². The summed E-state index contributed by atoms with van der Waals surface area (Å²) in [4.78, 5) is 15.0. The van der Waals surface area contributed by atoms with Crippen LogP contribution in [-0.2, 0) is 11.4 Å². The number of nitrogen functional groups attached to an aromatic ring is 1. The largest absolute Gasteiger partial charge is 0.496 e. The molecule has 1 aromatic carbocycles. The maximum atomic E-state index is 13.8. The maximum absolute atomic E-state index is 13.8. The van der Waals surface area contributed by atoms with Gasteiger partial charge in [-0.3, -0.25) is 4.79 Å². The highest BCUT2D eigenvalue weighted by molar-refractivity contribution is 5.90. The van der Waals surface area contributed by atoms with Crippen molar-refractivity contribution in [1.29, 1.82) is 0 Å². The number of carbonyl (C=O) groups excluding carboxylic acids is 1. The number of hydrogen-bond donors (Lipinski definition) is 2. The lowest BCUT2D eigenvalue weighted by molar-refractivity contribution is -0.114. The van der Waals surface area contributed by atoms with Crippen molar-refractivity contribution in [2.45, 2.75) is 13.5 Å². The molecule has 0 saturated heterocycles. The predicted molar refractivity (Wildman–Crippen MR) is 80.2 cm³/mol. The normalized spacial score (nSPS) is 10.1. The van der Waals surface area contributed by atoms with Gasteiger partial charge in [-0.25, -0.2) is 4.39 Å². The number of para-hydroxylation sites is 1. The number of ether oxygens (including phenoxy) is 2. The fourth-order valence-corrected chi connectivity index (χ4v) is 1.82. The summed E-state index contributed by atoms with van der Waals surface area (Å²) in [7, 11) is 1.54. The van der Waals surface area contributed by atoms with Crippen LogP contribution in [0.2, 0.25) is 0 Å². The van der Waals surface area contributed by atoms with Gasteiger partial charge in [0, 0.05) is 18.6 Å². The van der Waals surface area contributed by atoms with E-state index in [9.17, 15) is 9.18 Å². The summed E-state index contributed by atoms with van der Waals surface area (Å²) in [5.41, 5.74) is 6.36. The first-order chi connectivity index (χ1) is 10.5. The highest BCUT2D eigenvalue weighted by atomic mass is 19.1. The zero-order chi connectivity index (χ0) is 16.1. The molecule has 3 N–H and O–H groups in total. The molecule has 0 radical (unpaired) electrons. The average Bonchev–Trinajstić information content (AvgIpc) is 2.48. The second-order valence-corrected chi connectivity index (χ2v) is 4.49. The van der Waals surface area contributed by atoms with Crippen molar-refractivity contribution in [3.63, 3.8) is 0 Å². The second kappa shape index (κ2) is 6.75. The van der Waals surface area contributed by atoms with E-state index >= 15 is 0 Å². The number of carbonyl (C=O) groups is 1. The molecular formula is C15H16FN3O3. The van der Waals surface area contributed by atoms with E-state index < -0.39 is 5.82 Å². The third-order valence-corrected chi connectivity index (χ3v) is 2.82. The molecule has 0 unspecified atom stereocenters. The molecule has 1 amide bonds. The summed E-state index contributed by atoms with van der Waals surface area (Å²) < 4.78 is 24.4. The minimum atomic E-state index is -0.707. The molecule has 0 aliphatic heterocycles. The van der Waals surface area contributed by atoms with Crippen LogP contribution in [0.3, 0.4) is 0 Å².